The first-order valence-electron chi connectivity index (χ1n) is 13.1. The van der Waals surface area contributed by atoms with E-state index in [0.29, 0.717) is 51.6 Å². The molecular weight excluding hydrogens is 566 g/mol. The van der Waals surface area contributed by atoms with E-state index < -0.39 is 11.6 Å². The number of hydrogen-bond donors (Lipinski definition) is 0. The predicted molar refractivity (Wildman–Crippen MR) is 152 cm³/mol. The summed E-state index contributed by atoms with van der Waals surface area (Å²) in [4.78, 5) is 23.5. The Hall–Kier alpha value is -4.49. The zero-order chi connectivity index (χ0) is 29.5. The van der Waals surface area contributed by atoms with Crippen LogP contribution in [-0.4, -0.2) is 62.1 Å². The van der Waals surface area contributed by atoms with E-state index in [1.807, 2.05) is 29.1 Å². The molecular formula is C29H26F2N6O4S. The third-order valence-electron chi connectivity index (χ3n) is 7.02. The minimum atomic E-state index is -0.818. The average molecular weight is 593 g/mol. The number of hydrogen-bond acceptors (Lipinski definition) is 9. The van der Waals surface area contributed by atoms with Crippen LogP contribution in [0.15, 0.2) is 46.8 Å². The number of rotatable bonds is 8. The summed E-state index contributed by atoms with van der Waals surface area (Å²) in [6.45, 7) is 8.29. The summed E-state index contributed by atoms with van der Waals surface area (Å²) in [7, 11) is 1.51. The zero-order valence-corrected chi connectivity index (χ0v) is 23.9. The maximum Gasteiger partial charge on any atom is 0.277 e. The second kappa shape index (κ2) is 11.1. The van der Waals surface area contributed by atoms with Crippen molar-refractivity contribution in [1.82, 2.24) is 29.8 Å². The van der Waals surface area contributed by atoms with Crippen LogP contribution in [0.4, 0.5) is 8.78 Å². The van der Waals surface area contributed by atoms with Crippen molar-refractivity contribution in [3.63, 3.8) is 0 Å². The second-order valence-corrected chi connectivity index (χ2v) is 10.7. The van der Waals surface area contributed by atoms with Crippen molar-refractivity contribution < 1.29 is 27.6 Å². The van der Waals surface area contributed by atoms with E-state index >= 15 is 4.39 Å². The third-order valence-corrected chi connectivity index (χ3v) is 7.95. The van der Waals surface area contributed by atoms with Crippen LogP contribution in [-0.2, 0) is 22.6 Å². The number of methoxy groups -OCH3 is 1. The first kappa shape index (κ1) is 27.7. The van der Waals surface area contributed by atoms with Crippen LogP contribution >= 0.6 is 11.3 Å². The van der Waals surface area contributed by atoms with Gasteiger partial charge in [-0.25, -0.2) is 13.8 Å². The number of aromatic nitrogens is 5. The van der Waals surface area contributed by atoms with Gasteiger partial charge in [-0.3, -0.25) is 9.48 Å². The van der Waals surface area contributed by atoms with Crippen LogP contribution in [0.1, 0.15) is 18.4 Å². The van der Waals surface area contributed by atoms with Crippen molar-refractivity contribution in [3.05, 3.63) is 65.5 Å². The van der Waals surface area contributed by atoms with Crippen molar-refractivity contribution in [2.45, 2.75) is 33.0 Å². The summed E-state index contributed by atoms with van der Waals surface area (Å²) >= 11 is 1.36. The van der Waals surface area contributed by atoms with Gasteiger partial charge < -0.3 is 18.9 Å². The molecule has 0 saturated heterocycles. The Bertz CT molecular complexity index is 1830. The fraction of sp³-hybridized carbons (Fsp3) is 0.276. The van der Waals surface area contributed by atoms with Gasteiger partial charge in [0, 0.05) is 40.9 Å². The lowest BCUT2D eigenvalue weighted by molar-refractivity contribution is -0.129. The number of ether oxygens (including phenoxy) is 2. The zero-order valence-electron chi connectivity index (χ0n) is 23.1. The molecule has 1 aliphatic heterocycles. The molecule has 1 aromatic carbocycles. The van der Waals surface area contributed by atoms with Crippen molar-refractivity contribution in [3.8, 4) is 39.8 Å². The van der Waals surface area contributed by atoms with Crippen LogP contribution in [0, 0.1) is 18.6 Å². The van der Waals surface area contributed by atoms with Crippen molar-refractivity contribution in [2.75, 3.05) is 20.3 Å². The number of thiophene rings is 1. The lowest BCUT2D eigenvalue weighted by atomic mass is 9.97. The van der Waals surface area contributed by atoms with Gasteiger partial charge in [-0.15, -0.1) is 11.3 Å². The molecule has 0 aliphatic carbocycles. The summed E-state index contributed by atoms with van der Waals surface area (Å²) in [5, 5.41) is 11.2. The van der Waals surface area contributed by atoms with Crippen molar-refractivity contribution >= 4 is 27.3 Å². The molecule has 5 aromatic rings. The van der Waals surface area contributed by atoms with Crippen LogP contribution in [0.2, 0.25) is 0 Å². The average Bonchev–Trinajstić information content (AvgIpc) is 3.71. The molecule has 0 saturated carbocycles. The summed E-state index contributed by atoms with van der Waals surface area (Å²) in [6, 6.07) is 5.48. The molecule has 1 amide bonds. The van der Waals surface area contributed by atoms with Gasteiger partial charge in [-0.2, -0.15) is 10.1 Å². The van der Waals surface area contributed by atoms with Crippen molar-refractivity contribution in [2.24, 2.45) is 0 Å². The van der Waals surface area contributed by atoms with Gasteiger partial charge in [-0.1, -0.05) is 11.7 Å². The number of nitrogens with zero attached hydrogens (tertiary/aromatic N) is 6. The highest BCUT2D eigenvalue weighted by Gasteiger charge is 2.31. The topological polar surface area (TPSA) is 108 Å². The molecule has 1 unspecified atom stereocenters. The van der Waals surface area contributed by atoms with Crippen LogP contribution < -0.4 is 4.74 Å². The Morgan fingerprint density at radius 2 is 2.05 bits per heavy atom. The first-order chi connectivity index (χ1) is 20.3. The molecule has 1 aliphatic rings. The number of fused-ring (bicyclic) bond motifs is 2. The van der Waals surface area contributed by atoms with E-state index in [9.17, 15) is 9.18 Å². The Morgan fingerprint density at radius 3 is 2.79 bits per heavy atom. The molecule has 6 rings (SSSR count). The summed E-state index contributed by atoms with van der Waals surface area (Å²) in [5.74, 6) is -1.16. The lowest BCUT2D eigenvalue weighted by Crippen LogP contribution is -2.44. The third kappa shape index (κ3) is 4.84. The van der Waals surface area contributed by atoms with Gasteiger partial charge >= 0.3 is 0 Å². The number of aryl methyl sites for hydroxylation is 1. The molecule has 0 N–H and O–H groups in total. The summed E-state index contributed by atoms with van der Waals surface area (Å²) in [6.07, 6.45) is 1.29. The number of benzene rings is 1. The molecule has 0 radical (unpaired) electrons. The predicted octanol–water partition coefficient (Wildman–Crippen LogP) is 5.41. The maximum absolute atomic E-state index is 15.8. The molecule has 10 nitrogen and oxygen atoms in total. The minimum Gasteiger partial charge on any atom is -0.490 e. The quantitative estimate of drug-likeness (QED) is 0.174. The smallest absolute Gasteiger partial charge is 0.277 e. The molecule has 216 valence electrons. The number of pyridine rings is 1. The highest BCUT2D eigenvalue weighted by atomic mass is 32.1. The Morgan fingerprint density at radius 1 is 1.21 bits per heavy atom. The minimum absolute atomic E-state index is 0.00374. The molecule has 0 bridgehead atoms. The molecule has 0 fully saturated rings. The Kier molecular flexibility index (Phi) is 7.29. The normalized spacial score (nSPS) is 14.8. The summed E-state index contributed by atoms with van der Waals surface area (Å²) < 4.78 is 49.1. The second-order valence-electron chi connectivity index (χ2n) is 9.82. The van der Waals surface area contributed by atoms with Gasteiger partial charge in [-0.05, 0) is 37.4 Å². The van der Waals surface area contributed by atoms with Crippen LogP contribution in [0.25, 0.3) is 44.2 Å². The van der Waals surface area contributed by atoms with Gasteiger partial charge in [0.2, 0.25) is 5.91 Å². The van der Waals surface area contributed by atoms with E-state index in [-0.39, 0.29) is 42.4 Å². The van der Waals surface area contributed by atoms with E-state index in [2.05, 4.69) is 16.7 Å². The fourth-order valence-corrected chi connectivity index (χ4v) is 6.04. The van der Waals surface area contributed by atoms with Gasteiger partial charge in [0.25, 0.3) is 5.89 Å². The molecule has 0 spiro atoms. The Balaban J connectivity index is 1.61. The molecule has 1 atom stereocenters. The largest absolute Gasteiger partial charge is 0.490 e. The van der Waals surface area contributed by atoms with Gasteiger partial charge in [0.15, 0.2) is 5.82 Å². The highest BCUT2D eigenvalue weighted by molar-refractivity contribution is 7.18. The molecule has 42 heavy (non-hydrogen) atoms. The molecule has 4 aromatic heterocycles. The monoisotopic (exact) mass is 592 g/mol. The van der Waals surface area contributed by atoms with Gasteiger partial charge in [0.1, 0.15) is 41.1 Å². The van der Waals surface area contributed by atoms with E-state index in [0.717, 1.165) is 17.8 Å². The lowest BCUT2D eigenvalue weighted by Gasteiger charge is -2.33. The molecule has 13 heteroatoms. The number of carbonyl (C=O) groups is 1. The SMILES string of the molecule is C=CC(=O)N1Cc2cc(-c3nc(-c4nc(C)no4)c4ccsc4c3-c3c(F)cc(F)cc3OCCOC)nn2CC1C. The maximum atomic E-state index is 15.8. The fourth-order valence-electron chi connectivity index (χ4n) is 5.09. The number of amides is 1. The standard InChI is InChI=1S/C29H26F2N6O4S/c1-5-23(38)36-14-18-12-21(34-37(18)13-15(36)2)27-25(24-20(31)10-17(30)11-22(24)40-8-7-39-4)28-19(6-9-42-28)26(33-27)29-32-16(3)35-41-29/h5-6,9-12,15H,1,7-8,13-14H2,2-4H3. The number of halogens is 2. The van der Waals surface area contributed by atoms with E-state index in [1.54, 1.807) is 11.8 Å². The number of carbonyl (C=O) groups excluding carboxylic acids is 1. The van der Waals surface area contributed by atoms with E-state index in [1.165, 1.54) is 24.5 Å². The molecule has 5 heterocycles. The van der Waals surface area contributed by atoms with Crippen LogP contribution in [0.5, 0.6) is 5.75 Å². The highest BCUT2D eigenvalue weighted by Crippen LogP contribution is 2.47. The van der Waals surface area contributed by atoms with E-state index in [4.69, 9.17) is 24.1 Å². The first-order valence-corrected chi connectivity index (χ1v) is 14.0. The van der Waals surface area contributed by atoms with Crippen molar-refractivity contribution in [1.29, 1.82) is 0 Å². The Labute approximate surface area is 243 Å². The van der Waals surface area contributed by atoms with Crippen LogP contribution in [0.3, 0.4) is 0 Å². The van der Waals surface area contributed by atoms with Gasteiger partial charge in [0.05, 0.1) is 31.0 Å². The summed E-state index contributed by atoms with van der Waals surface area (Å²) in [5.41, 5.74) is 2.33.